The van der Waals surface area contributed by atoms with E-state index in [4.69, 9.17) is 20.6 Å². The Morgan fingerprint density at radius 2 is 1.90 bits per heavy atom. The molecule has 0 saturated carbocycles. The summed E-state index contributed by atoms with van der Waals surface area (Å²) in [5, 5.41) is 7.29. The molecule has 20 heavy (non-hydrogen) atoms. The molecule has 1 aromatic carbocycles. The molecular weight excluding hydrogens is 252 g/mol. The molecule has 0 radical (unpaired) electrons. The minimum Gasteiger partial charge on any atom is -0.487 e. The van der Waals surface area contributed by atoms with Crippen molar-refractivity contribution in [2.75, 3.05) is 0 Å². The summed E-state index contributed by atoms with van der Waals surface area (Å²) in [6.07, 6.45) is 1.39. The Kier molecular flexibility index (Phi) is 3.78. The van der Waals surface area contributed by atoms with Gasteiger partial charge in [-0.05, 0) is 45.4 Å². The third kappa shape index (κ3) is 3.51. The maximum absolute atomic E-state index is 7.29. The van der Waals surface area contributed by atoms with Gasteiger partial charge < -0.3 is 15.2 Å². The smallest absolute Gasteiger partial charge is 0.130 e. The molecule has 1 heterocycles. The molecule has 0 bridgehead atoms. The van der Waals surface area contributed by atoms with Gasteiger partial charge in [-0.2, -0.15) is 0 Å². The molecule has 1 fully saturated rings. The summed E-state index contributed by atoms with van der Waals surface area (Å²) in [5.41, 5.74) is 5.98. The Morgan fingerprint density at radius 3 is 2.35 bits per heavy atom. The first kappa shape index (κ1) is 14.9. The average molecular weight is 276 g/mol. The van der Waals surface area contributed by atoms with E-state index in [1.54, 1.807) is 0 Å². The quantitative estimate of drug-likeness (QED) is 0.656. The maximum atomic E-state index is 7.29. The summed E-state index contributed by atoms with van der Waals surface area (Å²) < 4.78 is 12.1. The van der Waals surface area contributed by atoms with Crippen LogP contribution in [-0.4, -0.2) is 23.1 Å². The monoisotopic (exact) mass is 276 g/mol. The zero-order valence-electron chi connectivity index (χ0n) is 12.7. The first-order valence-electron chi connectivity index (χ1n) is 6.97. The van der Waals surface area contributed by atoms with Gasteiger partial charge in [0.15, 0.2) is 0 Å². The van der Waals surface area contributed by atoms with E-state index in [0.29, 0.717) is 6.42 Å². The van der Waals surface area contributed by atoms with E-state index in [1.807, 2.05) is 24.3 Å². The van der Waals surface area contributed by atoms with Gasteiger partial charge in [-0.25, -0.2) is 0 Å². The van der Waals surface area contributed by atoms with Gasteiger partial charge in [0.25, 0.3) is 0 Å². The van der Waals surface area contributed by atoms with Gasteiger partial charge in [0.05, 0.1) is 11.4 Å². The molecule has 4 nitrogen and oxygen atoms in total. The van der Waals surface area contributed by atoms with E-state index in [1.165, 1.54) is 0 Å². The van der Waals surface area contributed by atoms with Crippen LogP contribution < -0.4 is 10.5 Å². The van der Waals surface area contributed by atoms with Gasteiger partial charge >= 0.3 is 0 Å². The van der Waals surface area contributed by atoms with Crippen LogP contribution >= 0.6 is 0 Å². The molecule has 1 aliphatic rings. The van der Waals surface area contributed by atoms with E-state index in [-0.39, 0.29) is 23.1 Å². The third-order valence-electron chi connectivity index (χ3n) is 3.59. The van der Waals surface area contributed by atoms with Crippen LogP contribution in [0.15, 0.2) is 24.3 Å². The summed E-state index contributed by atoms with van der Waals surface area (Å²) in [7, 11) is 0. The topological polar surface area (TPSA) is 68.3 Å². The normalized spacial score (nSPS) is 23.5. The average Bonchev–Trinajstić information content (AvgIpc) is 2.48. The Bertz CT molecular complexity index is 492. The van der Waals surface area contributed by atoms with Gasteiger partial charge in [0.1, 0.15) is 17.5 Å². The van der Waals surface area contributed by atoms with Crippen LogP contribution in [-0.2, 0) is 11.2 Å². The highest BCUT2D eigenvalue weighted by molar-refractivity contribution is 5.79. The Balaban J connectivity index is 2.05. The van der Waals surface area contributed by atoms with Crippen LogP contribution in [0.4, 0.5) is 0 Å². The number of rotatable bonds is 4. The van der Waals surface area contributed by atoms with Gasteiger partial charge in [-0.15, -0.1) is 0 Å². The highest BCUT2D eigenvalue weighted by atomic mass is 16.6. The number of amidine groups is 1. The molecule has 1 saturated heterocycles. The molecule has 1 aromatic rings. The maximum Gasteiger partial charge on any atom is 0.130 e. The Labute approximate surface area is 120 Å². The lowest BCUT2D eigenvalue weighted by molar-refractivity contribution is -0.0846. The van der Waals surface area contributed by atoms with E-state index < -0.39 is 0 Å². The van der Waals surface area contributed by atoms with Crippen molar-refractivity contribution in [2.24, 2.45) is 5.73 Å². The summed E-state index contributed by atoms with van der Waals surface area (Å²) in [6, 6.07) is 7.76. The van der Waals surface area contributed by atoms with Crippen molar-refractivity contribution in [1.82, 2.24) is 0 Å². The standard InChI is InChI=1S/C16H24N2O2/c1-15(2)10-13(16(3,4)20-15)19-12-7-5-11(6-8-12)9-14(17)18/h5-8,13H,9-10H2,1-4H3,(H3,17,18). The molecule has 1 aliphatic heterocycles. The SMILES string of the molecule is CC1(C)CC(Oc2ccc(CC(=N)N)cc2)C(C)(C)O1. The number of ether oxygens (including phenoxy) is 2. The van der Waals surface area contributed by atoms with E-state index >= 15 is 0 Å². The predicted molar refractivity (Wildman–Crippen MR) is 80.3 cm³/mol. The summed E-state index contributed by atoms with van der Waals surface area (Å²) in [4.78, 5) is 0. The van der Waals surface area contributed by atoms with Gasteiger partial charge in [0.2, 0.25) is 0 Å². The van der Waals surface area contributed by atoms with Crippen LogP contribution in [0.1, 0.15) is 39.7 Å². The number of nitrogens with one attached hydrogen (secondary N) is 1. The summed E-state index contributed by atoms with van der Waals surface area (Å²) >= 11 is 0. The minimum atomic E-state index is -0.290. The molecule has 1 unspecified atom stereocenters. The van der Waals surface area contributed by atoms with Crippen LogP contribution in [0.5, 0.6) is 5.75 Å². The molecular formula is C16H24N2O2. The van der Waals surface area contributed by atoms with Crippen LogP contribution in [0.25, 0.3) is 0 Å². The number of nitrogens with two attached hydrogens (primary N) is 1. The van der Waals surface area contributed by atoms with E-state index in [2.05, 4.69) is 27.7 Å². The largest absolute Gasteiger partial charge is 0.487 e. The van der Waals surface area contributed by atoms with E-state index in [0.717, 1.165) is 17.7 Å². The fraction of sp³-hybridized carbons (Fsp3) is 0.562. The number of hydrogen-bond donors (Lipinski definition) is 2. The van der Waals surface area contributed by atoms with Crippen molar-refractivity contribution in [3.05, 3.63) is 29.8 Å². The molecule has 1 atom stereocenters. The molecule has 2 rings (SSSR count). The molecule has 110 valence electrons. The second kappa shape index (κ2) is 5.09. The second-order valence-electron chi connectivity index (χ2n) is 6.62. The Morgan fingerprint density at radius 1 is 1.30 bits per heavy atom. The van der Waals surface area contributed by atoms with Gasteiger partial charge in [-0.1, -0.05) is 12.1 Å². The first-order valence-corrected chi connectivity index (χ1v) is 6.97. The zero-order valence-corrected chi connectivity index (χ0v) is 12.7. The second-order valence-corrected chi connectivity index (χ2v) is 6.62. The summed E-state index contributed by atoms with van der Waals surface area (Å²) in [6.45, 7) is 8.31. The van der Waals surface area contributed by atoms with Crippen LogP contribution in [0.2, 0.25) is 0 Å². The van der Waals surface area contributed by atoms with E-state index in [9.17, 15) is 0 Å². The molecule has 0 aliphatic carbocycles. The van der Waals surface area contributed by atoms with Crippen molar-refractivity contribution in [3.63, 3.8) is 0 Å². The van der Waals surface area contributed by atoms with Crippen molar-refractivity contribution < 1.29 is 9.47 Å². The summed E-state index contributed by atoms with van der Waals surface area (Å²) in [5.74, 6) is 1.00. The fourth-order valence-corrected chi connectivity index (χ4v) is 2.77. The van der Waals surface area contributed by atoms with Crippen molar-refractivity contribution in [1.29, 1.82) is 5.41 Å². The van der Waals surface area contributed by atoms with Gasteiger partial charge in [0, 0.05) is 12.8 Å². The lowest BCUT2D eigenvalue weighted by Crippen LogP contribution is -2.36. The first-order chi connectivity index (χ1) is 9.18. The molecule has 0 amide bonds. The van der Waals surface area contributed by atoms with Crippen molar-refractivity contribution in [3.8, 4) is 5.75 Å². The lowest BCUT2D eigenvalue weighted by Gasteiger charge is -2.27. The van der Waals surface area contributed by atoms with Gasteiger partial charge in [-0.3, -0.25) is 5.41 Å². The fourth-order valence-electron chi connectivity index (χ4n) is 2.77. The molecule has 0 spiro atoms. The molecule has 0 aromatic heterocycles. The van der Waals surface area contributed by atoms with Crippen molar-refractivity contribution >= 4 is 5.84 Å². The van der Waals surface area contributed by atoms with Crippen molar-refractivity contribution in [2.45, 2.75) is 57.8 Å². The highest BCUT2D eigenvalue weighted by Crippen LogP contribution is 2.39. The van der Waals surface area contributed by atoms with Crippen LogP contribution in [0.3, 0.4) is 0 Å². The lowest BCUT2D eigenvalue weighted by atomic mass is 9.97. The molecule has 4 heteroatoms. The number of hydrogen-bond acceptors (Lipinski definition) is 3. The minimum absolute atomic E-state index is 0.0381. The predicted octanol–water partition coefficient (Wildman–Crippen LogP) is 2.89. The third-order valence-corrected chi connectivity index (χ3v) is 3.59. The van der Waals surface area contributed by atoms with Crippen LogP contribution in [0, 0.1) is 5.41 Å². The zero-order chi connectivity index (χ0) is 15.0. The Hall–Kier alpha value is -1.55. The molecule has 3 N–H and O–H groups in total. The number of benzene rings is 1. The highest BCUT2D eigenvalue weighted by Gasteiger charge is 2.47.